The molecule has 0 fully saturated rings. The van der Waals surface area contributed by atoms with Gasteiger partial charge >= 0.3 is 0 Å². The van der Waals surface area contributed by atoms with Gasteiger partial charge in [-0.1, -0.05) is 6.07 Å². The lowest BCUT2D eigenvalue weighted by Crippen LogP contribution is -1.95. The number of nitrogens with zero attached hydrogens (tertiary/aromatic N) is 1. The van der Waals surface area contributed by atoms with Crippen molar-refractivity contribution in [3.8, 4) is 45.5 Å². The minimum atomic E-state index is 0.701. The molecular formula is C21H21NO4. The first-order valence-corrected chi connectivity index (χ1v) is 8.12. The number of aromatic nitrogens is 1. The molecule has 3 rings (SSSR count). The smallest absolute Gasteiger partial charge is 0.131 e. The molecule has 0 spiro atoms. The van der Waals surface area contributed by atoms with E-state index in [9.17, 15) is 0 Å². The summed E-state index contributed by atoms with van der Waals surface area (Å²) in [5.41, 5.74) is 3.33. The predicted molar refractivity (Wildman–Crippen MR) is 101 cm³/mol. The molecule has 0 unspecified atom stereocenters. The Hall–Kier alpha value is -3.21. The lowest BCUT2D eigenvalue weighted by Gasteiger charge is -2.13. The van der Waals surface area contributed by atoms with Crippen LogP contribution in [0.1, 0.15) is 0 Å². The maximum atomic E-state index is 5.50. The van der Waals surface area contributed by atoms with E-state index in [0.717, 1.165) is 39.8 Å². The maximum absolute atomic E-state index is 5.50. The van der Waals surface area contributed by atoms with Gasteiger partial charge < -0.3 is 18.9 Å². The normalized spacial score (nSPS) is 10.3. The van der Waals surface area contributed by atoms with E-state index >= 15 is 0 Å². The van der Waals surface area contributed by atoms with Crippen LogP contribution >= 0.6 is 0 Å². The van der Waals surface area contributed by atoms with E-state index in [2.05, 4.69) is 0 Å². The summed E-state index contributed by atoms with van der Waals surface area (Å²) < 4.78 is 21.6. The molecule has 0 amide bonds. The zero-order valence-electron chi connectivity index (χ0n) is 15.3. The third-order valence-corrected chi connectivity index (χ3v) is 4.12. The Kier molecular flexibility index (Phi) is 5.27. The van der Waals surface area contributed by atoms with Gasteiger partial charge in [-0.15, -0.1) is 0 Å². The van der Waals surface area contributed by atoms with Crippen LogP contribution in [0.5, 0.6) is 23.0 Å². The zero-order chi connectivity index (χ0) is 18.5. The van der Waals surface area contributed by atoms with Crippen LogP contribution in [-0.2, 0) is 0 Å². The van der Waals surface area contributed by atoms with Gasteiger partial charge in [0.25, 0.3) is 0 Å². The summed E-state index contributed by atoms with van der Waals surface area (Å²) >= 11 is 0. The van der Waals surface area contributed by atoms with E-state index in [-0.39, 0.29) is 0 Å². The van der Waals surface area contributed by atoms with E-state index in [4.69, 9.17) is 23.9 Å². The van der Waals surface area contributed by atoms with Crippen molar-refractivity contribution >= 4 is 0 Å². The van der Waals surface area contributed by atoms with E-state index < -0.39 is 0 Å². The molecule has 0 aliphatic carbocycles. The fraction of sp³-hybridized carbons (Fsp3) is 0.190. The lowest BCUT2D eigenvalue weighted by molar-refractivity contribution is 0.395. The average molecular weight is 351 g/mol. The summed E-state index contributed by atoms with van der Waals surface area (Å²) in [7, 11) is 6.54. The zero-order valence-corrected chi connectivity index (χ0v) is 15.3. The second kappa shape index (κ2) is 7.78. The van der Waals surface area contributed by atoms with Gasteiger partial charge in [0, 0.05) is 17.2 Å². The van der Waals surface area contributed by atoms with Crippen molar-refractivity contribution in [3.63, 3.8) is 0 Å². The minimum absolute atomic E-state index is 0.701. The average Bonchev–Trinajstić information content (AvgIpc) is 2.72. The molecule has 0 bridgehead atoms. The summed E-state index contributed by atoms with van der Waals surface area (Å²) in [6.45, 7) is 0. The quantitative estimate of drug-likeness (QED) is 0.657. The Labute approximate surface area is 153 Å². The summed E-state index contributed by atoms with van der Waals surface area (Å²) in [5, 5.41) is 0. The Morgan fingerprint density at radius 1 is 0.577 bits per heavy atom. The van der Waals surface area contributed by atoms with Crippen LogP contribution < -0.4 is 18.9 Å². The fourth-order valence-corrected chi connectivity index (χ4v) is 2.76. The van der Waals surface area contributed by atoms with Crippen LogP contribution in [0.2, 0.25) is 0 Å². The van der Waals surface area contributed by atoms with Crippen molar-refractivity contribution in [2.75, 3.05) is 28.4 Å². The SMILES string of the molecule is COc1ccc(-c2cccc(-c3cc(OC)ccc3OC)n2)c(OC)c1. The number of pyridine rings is 1. The Morgan fingerprint density at radius 2 is 1.19 bits per heavy atom. The van der Waals surface area contributed by atoms with Crippen molar-refractivity contribution < 1.29 is 18.9 Å². The molecule has 0 saturated carbocycles. The number of hydrogen-bond acceptors (Lipinski definition) is 5. The van der Waals surface area contributed by atoms with Gasteiger partial charge in [-0.25, -0.2) is 4.98 Å². The van der Waals surface area contributed by atoms with Crippen molar-refractivity contribution in [1.29, 1.82) is 0 Å². The fourth-order valence-electron chi connectivity index (χ4n) is 2.76. The number of ether oxygens (including phenoxy) is 4. The third kappa shape index (κ3) is 3.42. The highest BCUT2D eigenvalue weighted by atomic mass is 16.5. The molecule has 0 atom stereocenters. The molecule has 2 aromatic carbocycles. The van der Waals surface area contributed by atoms with Crippen LogP contribution in [0, 0.1) is 0 Å². The van der Waals surface area contributed by atoms with Crippen LogP contribution in [0.3, 0.4) is 0 Å². The molecule has 3 aromatic rings. The molecule has 5 heteroatoms. The van der Waals surface area contributed by atoms with Crippen molar-refractivity contribution in [1.82, 2.24) is 4.98 Å². The molecule has 0 N–H and O–H groups in total. The molecule has 134 valence electrons. The Bertz CT molecular complexity index is 908. The summed E-state index contributed by atoms with van der Waals surface area (Å²) in [5.74, 6) is 2.91. The van der Waals surface area contributed by atoms with Gasteiger partial charge in [0.2, 0.25) is 0 Å². The maximum Gasteiger partial charge on any atom is 0.131 e. The summed E-state index contributed by atoms with van der Waals surface area (Å²) in [4.78, 5) is 4.80. The molecule has 1 heterocycles. The van der Waals surface area contributed by atoms with E-state index in [1.807, 2.05) is 54.6 Å². The largest absolute Gasteiger partial charge is 0.497 e. The second-order valence-corrected chi connectivity index (χ2v) is 5.54. The minimum Gasteiger partial charge on any atom is -0.497 e. The molecule has 0 radical (unpaired) electrons. The first-order valence-electron chi connectivity index (χ1n) is 8.12. The van der Waals surface area contributed by atoms with Crippen molar-refractivity contribution in [3.05, 3.63) is 54.6 Å². The first kappa shape index (κ1) is 17.6. The van der Waals surface area contributed by atoms with Gasteiger partial charge in [-0.3, -0.25) is 0 Å². The second-order valence-electron chi connectivity index (χ2n) is 5.54. The number of methoxy groups -OCH3 is 4. The highest BCUT2D eigenvalue weighted by Gasteiger charge is 2.13. The summed E-state index contributed by atoms with van der Waals surface area (Å²) in [6.07, 6.45) is 0. The van der Waals surface area contributed by atoms with Crippen LogP contribution in [0.4, 0.5) is 0 Å². The van der Waals surface area contributed by atoms with E-state index in [1.165, 1.54) is 0 Å². The Morgan fingerprint density at radius 3 is 1.85 bits per heavy atom. The first-order chi connectivity index (χ1) is 12.7. The Balaban J connectivity index is 2.10. The van der Waals surface area contributed by atoms with Gasteiger partial charge in [0.05, 0.1) is 39.8 Å². The monoisotopic (exact) mass is 351 g/mol. The van der Waals surface area contributed by atoms with Crippen molar-refractivity contribution in [2.45, 2.75) is 0 Å². The molecule has 0 aliphatic rings. The van der Waals surface area contributed by atoms with Crippen LogP contribution in [0.25, 0.3) is 22.5 Å². The van der Waals surface area contributed by atoms with E-state index in [0.29, 0.717) is 5.75 Å². The molecule has 0 saturated heterocycles. The third-order valence-electron chi connectivity index (χ3n) is 4.12. The lowest BCUT2D eigenvalue weighted by atomic mass is 10.1. The van der Waals surface area contributed by atoms with E-state index in [1.54, 1.807) is 28.4 Å². The number of rotatable bonds is 6. The van der Waals surface area contributed by atoms with Crippen LogP contribution in [-0.4, -0.2) is 33.4 Å². The molecule has 1 aromatic heterocycles. The van der Waals surface area contributed by atoms with Gasteiger partial charge in [-0.2, -0.15) is 0 Å². The van der Waals surface area contributed by atoms with Gasteiger partial charge in [0.15, 0.2) is 0 Å². The van der Waals surface area contributed by atoms with Gasteiger partial charge in [-0.05, 0) is 42.5 Å². The van der Waals surface area contributed by atoms with Gasteiger partial charge in [0.1, 0.15) is 23.0 Å². The molecule has 5 nitrogen and oxygen atoms in total. The highest BCUT2D eigenvalue weighted by molar-refractivity contribution is 5.74. The predicted octanol–water partition coefficient (Wildman–Crippen LogP) is 4.45. The van der Waals surface area contributed by atoms with Crippen molar-refractivity contribution in [2.24, 2.45) is 0 Å². The molecule has 26 heavy (non-hydrogen) atoms. The topological polar surface area (TPSA) is 49.8 Å². The molecule has 0 aliphatic heterocycles. The van der Waals surface area contributed by atoms with Crippen LogP contribution in [0.15, 0.2) is 54.6 Å². The highest BCUT2D eigenvalue weighted by Crippen LogP contribution is 2.36. The number of hydrogen-bond donors (Lipinski definition) is 0. The standard InChI is InChI=1S/C21H21NO4/c1-23-14-9-11-20(25-3)17(12-14)19-7-5-6-18(22-19)16-10-8-15(24-2)13-21(16)26-4/h5-13H,1-4H3. The molecular weight excluding hydrogens is 330 g/mol. The summed E-state index contributed by atoms with van der Waals surface area (Å²) in [6, 6.07) is 17.2. The number of benzene rings is 2.